The minimum absolute atomic E-state index is 0.119. The van der Waals surface area contributed by atoms with E-state index in [4.69, 9.17) is 14.2 Å². The van der Waals surface area contributed by atoms with Crippen LogP contribution in [-0.4, -0.2) is 47.4 Å². The molecule has 2 amide bonds. The van der Waals surface area contributed by atoms with Crippen LogP contribution in [0.15, 0.2) is 29.8 Å². The zero-order valence-electron chi connectivity index (χ0n) is 16.8. The number of hydrogen-bond acceptors (Lipinski definition) is 8. The van der Waals surface area contributed by atoms with E-state index in [2.05, 4.69) is 10.3 Å². The van der Waals surface area contributed by atoms with Crippen molar-refractivity contribution in [3.05, 3.63) is 40.3 Å². The summed E-state index contributed by atoms with van der Waals surface area (Å²) < 4.78 is 16.0. The van der Waals surface area contributed by atoms with Crippen LogP contribution in [0.5, 0.6) is 11.5 Å². The lowest BCUT2D eigenvalue weighted by Crippen LogP contribution is -2.42. The standard InChI is InChI=1S/C20H25N3O5S/c1-20(2,3)28-19(25)23(9-4-7-21-12-17-22-8-10-29-17)18(24)14-5-6-15-16(11-14)27-13-26-15/h5-6,8,10-11,21H,4,7,9,12-13H2,1-3H3. The smallest absolute Gasteiger partial charge is 0.417 e. The highest BCUT2D eigenvalue weighted by Crippen LogP contribution is 2.33. The molecule has 29 heavy (non-hydrogen) atoms. The van der Waals surface area contributed by atoms with Crippen LogP contribution in [0, 0.1) is 0 Å². The van der Waals surface area contributed by atoms with Gasteiger partial charge in [0.1, 0.15) is 10.6 Å². The molecule has 0 fully saturated rings. The Labute approximate surface area is 173 Å². The summed E-state index contributed by atoms with van der Waals surface area (Å²) in [7, 11) is 0. The van der Waals surface area contributed by atoms with Gasteiger partial charge in [-0.25, -0.2) is 14.7 Å². The fourth-order valence-electron chi connectivity index (χ4n) is 2.68. The Morgan fingerprint density at radius 2 is 2.07 bits per heavy atom. The van der Waals surface area contributed by atoms with Gasteiger partial charge in [-0.1, -0.05) is 0 Å². The molecule has 1 aliphatic rings. The van der Waals surface area contributed by atoms with Gasteiger partial charge < -0.3 is 19.5 Å². The van der Waals surface area contributed by atoms with Crippen LogP contribution in [0.1, 0.15) is 42.6 Å². The maximum atomic E-state index is 13.0. The molecule has 0 aliphatic carbocycles. The van der Waals surface area contributed by atoms with E-state index >= 15 is 0 Å². The Kier molecular flexibility index (Phi) is 6.71. The van der Waals surface area contributed by atoms with Crippen molar-refractivity contribution >= 4 is 23.3 Å². The average molecular weight is 420 g/mol. The zero-order valence-corrected chi connectivity index (χ0v) is 17.6. The minimum atomic E-state index is -0.701. The van der Waals surface area contributed by atoms with Crippen molar-refractivity contribution in [2.45, 2.75) is 39.3 Å². The van der Waals surface area contributed by atoms with Crippen molar-refractivity contribution in [1.82, 2.24) is 15.2 Å². The molecule has 1 N–H and O–H groups in total. The molecule has 8 nitrogen and oxygen atoms in total. The van der Waals surface area contributed by atoms with Crippen molar-refractivity contribution in [3.8, 4) is 11.5 Å². The zero-order chi connectivity index (χ0) is 20.9. The average Bonchev–Trinajstić information content (AvgIpc) is 3.33. The van der Waals surface area contributed by atoms with Gasteiger partial charge in [0.2, 0.25) is 6.79 Å². The second-order valence-corrected chi connectivity index (χ2v) is 8.44. The first-order valence-corrected chi connectivity index (χ1v) is 10.2. The van der Waals surface area contributed by atoms with Gasteiger partial charge in [0.25, 0.3) is 5.91 Å². The van der Waals surface area contributed by atoms with Gasteiger partial charge in [-0.3, -0.25) is 4.79 Å². The molecule has 0 unspecified atom stereocenters. The molecule has 0 bridgehead atoms. The first-order chi connectivity index (χ1) is 13.8. The summed E-state index contributed by atoms with van der Waals surface area (Å²) in [5.74, 6) is 0.638. The first kappa shape index (κ1) is 21.1. The van der Waals surface area contributed by atoms with E-state index in [1.54, 1.807) is 56.5 Å². The molecule has 2 heterocycles. The molecule has 0 saturated carbocycles. The van der Waals surface area contributed by atoms with Crippen LogP contribution in [0.3, 0.4) is 0 Å². The Morgan fingerprint density at radius 1 is 1.28 bits per heavy atom. The fraction of sp³-hybridized carbons (Fsp3) is 0.450. The van der Waals surface area contributed by atoms with Crippen LogP contribution in [0.2, 0.25) is 0 Å². The summed E-state index contributed by atoms with van der Waals surface area (Å²) in [6.45, 7) is 6.94. The number of carbonyl (C=O) groups is 2. The second-order valence-electron chi connectivity index (χ2n) is 7.46. The number of rotatable bonds is 7. The molecule has 1 aliphatic heterocycles. The highest BCUT2D eigenvalue weighted by Gasteiger charge is 2.28. The molecular weight excluding hydrogens is 394 g/mol. The summed E-state index contributed by atoms with van der Waals surface area (Å²) in [5, 5.41) is 6.18. The van der Waals surface area contributed by atoms with E-state index < -0.39 is 17.6 Å². The fourth-order valence-corrected chi connectivity index (χ4v) is 3.26. The number of carbonyl (C=O) groups excluding carboxylic acids is 2. The summed E-state index contributed by atoms with van der Waals surface area (Å²) >= 11 is 1.58. The molecule has 2 aromatic rings. The molecule has 3 rings (SSSR count). The second kappa shape index (κ2) is 9.23. The van der Waals surface area contributed by atoms with Gasteiger partial charge in [-0.15, -0.1) is 11.3 Å². The number of fused-ring (bicyclic) bond motifs is 1. The number of aromatic nitrogens is 1. The number of ether oxygens (including phenoxy) is 3. The molecule has 0 radical (unpaired) electrons. The molecule has 0 atom stereocenters. The van der Waals surface area contributed by atoms with E-state index in [-0.39, 0.29) is 13.3 Å². The number of amides is 2. The minimum Gasteiger partial charge on any atom is -0.454 e. The van der Waals surface area contributed by atoms with Gasteiger partial charge in [0, 0.05) is 30.2 Å². The summed E-state index contributed by atoms with van der Waals surface area (Å²) in [6, 6.07) is 4.87. The Bertz CT molecular complexity index is 848. The lowest BCUT2D eigenvalue weighted by atomic mass is 10.1. The lowest BCUT2D eigenvalue weighted by Gasteiger charge is -2.26. The van der Waals surface area contributed by atoms with Crippen LogP contribution in [-0.2, 0) is 11.3 Å². The largest absolute Gasteiger partial charge is 0.454 e. The molecule has 1 aromatic heterocycles. The summed E-state index contributed by atoms with van der Waals surface area (Å²) in [6.07, 6.45) is 1.68. The van der Waals surface area contributed by atoms with Gasteiger partial charge >= 0.3 is 6.09 Å². The van der Waals surface area contributed by atoms with E-state index in [0.29, 0.717) is 36.6 Å². The number of nitrogens with one attached hydrogen (secondary N) is 1. The maximum Gasteiger partial charge on any atom is 0.417 e. The van der Waals surface area contributed by atoms with Gasteiger partial charge in [-0.05, 0) is 51.9 Å². The van der Waals surface area contributed by atoms with Gasteiger partial charge in [-0.2, -0.15) is 0 Å². The SMILES string of the molecule is CC(C)(C)OC(=O)N(CCCNCc1nccs1)C(=O)c1ccc2c(c1)OCO2. The van der Waals surface area contributed by atoms with E-state index in [1.165, 1.54) is 0 Å². The van der Waals surface area contributed by atoms with Crippen LogP contribution in [0.25, 0.3) is 0 Å². The number of nitrogens with zero attached hydrogens (tertiary/aromatic N) is 2. The molecule has 0 saturated heterocycles. The monoisotopic (exact) mass is 419 g/mol. The van der Waals surface area contributed by atoms with Crippen molar-refractivity contribution in [3.63, 3.8) is 0 Å². The Balaban J connectivity index is 1.63. The number of thiazole rings is 1. The van der Waals surface area contributed by atoms with Crippen molar-refractivity contribution in [2.75, 3.05) is 19.9 Å². The quantitative estimate of drug-likeness (QED) is 0.688. The summed E-state index contributed by atoms with van der Waals surface area (Å²) in [5.41, 5.74) is -0.357. The summed E-state index contributed by atoms with van der Waals surface area (Å²) in [4.78, 5) is 31.0. The van der Waals surface area contributed by atoms with E-state index in [9.17, 15) is 9.59 Å². The first-order valence-electron chi connectivity index (χ1n) is 9.37. The number of imide groups is 1. The number of benzene rings is 1. The van der Waals surface area contributed by atoms with Gasteiger partial charge in [0.15, 0.2) is 11.5 Å². The van der Waals surface area contributed by atoms with Crippen LogP contribution >= 0.6 is 11.3 Å². The Morgan fingerprint density at radius 3 is 2.79 bits per heavy atom. The molecule has 0 spiro atoms. The molecule has 1 aromatic carbocycles. The van der Waals surface area contributed by atoms with Crippen molar-refractivity contribution in [1.29, 1.82) is 0 Å². The predicted molar refractivity (Wildman–Crippen MR) is 108 cm³/mol. The van der Waals surface area contributed by atoms with Crippen molar-refractivity contribution in [2.24, 2.45) is 0 Å². The van der Waals surface area contributed by atoms with E-state index in [1.807, 2.05) is 5.38 Å². The topological polar surface area (TPSA) is 90.0 Å². The third-order valence-electron chi connectivity index (χ3n) is 3.97. The lowest BCUT2D eigenvalue weighted by molar-refractivity contribution is 0.0239. The number of hydrogen-bond donors (Lipinski definition) is 1. The normalized spacial score (nSPS) is 12.7. The molecular formula is C20H25N3O5S. The third-order valence-corrected chi connectivity index (χ3v) is 4.75. The highest BCUT2D eigenvalue weighted by atomic mass is 32.1. The van der Waals surface area contributed by atoms with Gasteiger partial charge in [0.05, 0.1) is 0 Å². The Hall–Kier alpha value is -2.65. The third kappa shape index (κ3) is 5.91. The molecule has 9 heteroatoms. The van der Waals surface area contributed by atoms with Crippen LogP contribution < -0.4 is 14.8 Å². The molecule has 156 valence electrons. The maximum absolute atomic E-state index is 13.0. The predicted octanol–water partition coefficient (Wildman–Crippen LogP) is 3.43. The van der Waals surface area contributed by atoms with Crippen molar-refractivity contribution < 1.29 is 23.8 Å². The highest BCUT2D eigenvalue weighted by molar-refractivity contribution is 7.09. The van der Waals surface area contributed by atoms with Crippen LogP contribution in [0.4, 0.5) is 4.79 Å². The van der Waals surface area contributed by atoms with E-state index in [0.717, 1.165) is 9.91 Å².